The minimum atomic E-state index is 0.508. The van der Waals surface area contributed by atoms with Crippen LogP contribution in [0.5, 0.6) is 5.75 Å². The summed E-state index contributed by atoms with van der Waals surface area (Å²) in [4.78, 5) is 0. The number of hydrogen-bond donors (Lipinski definition) is 0. The minimum Gasteiger partial charge on any atom is -0.489 e. The zero-order chi connectivity index (χ0) is 12.3. The Hall–Kier alpha value is -1.18. The van der Waals surface area contributed by atoms with Crippen molar-refractivity contribution in [3.05, 3.63) is 63.6 Å². The molecule has 0 aliphatic rings. The van der Waals surface area contributed by atoms with Crippen LogP contribution in [-0.2, 0) is 6.61 Å². The molecule has 0 radical (unpaired) electrons. The molecule has 0 amide bonds. The van der Waals surface area contributed by atoms with Crippen molar-refractivity contribution in [1.29, 1.82) is 0 Å². The average molecular weight is 267 g/mol. The van der Waals surface area contributed by atoms with Crippen molar-refractivity contribution in [3.8, 4) is 5.75 Å². The molecule has 0 N–H and O–H groups in total. The Morgan fingerprint density at radius 3 is 2.47 bits per heavy atom. The van der Waals surface area contributed by atoms with E-state index in [-0.39, 0.29) is 0 Å². The lowest BCUT2D eigenvalue weighted by molar-refractivity contribution is 0.305. The molecule has 1 nitrogen and oxygen atoms in total. The van der Waals surface area contributed by atoms with Crippen LogP contribution < -0.4 is 4.74 Å². The number of halogens is 2. The maximum Gasteiger partial charge on any atom is 0.121 e. The molecule has 2 aromatic rings. The Bertz CT molecular complexity index is 523. The predicted octanol–water partition coefficient (Wildman–Crippen LogP) is 4.88. The highest BCUT2D eigenvalue weighted by atomic mass is 35.5. The molecule has 0 spiro atoms. The van der Waals surface area contributed by atoms with Crippen molar-refractivity contribution >= 4 is 23.2 Å². The second-order valence-corrected chi connectivity index (χ2v) is 4.61. The molecule has 2 aromatic carbocycles. The number of ether oxygens (including phenoxy) is 1. The van der Waals surface area contributed by atoms with Crippen LogP contribution in [0.4, 0.5) is 0 Å². The summed E-state index contributed by atoms with van der Waals surface area (Å²) in [6, 6.07) is 13.4. The quantitative estimate of drug-likeness (QED) is 0.770. The summed E-state index contributed by atoms with van der Waals surface area (Å²) < 4.78 is 5.67. The minimum absolute atomic E-state index is 0.508. The van der Waals surface area contributed by atoms with Crippen LogP contribution in [-0.4, -0.2) is 0 Å². The van der Waals surface area contributed by atoms with Gasteiger partial charge in [0.15, 0.2) is 0 Å². The molecule has 0 fully saturated rings. The van der Waals surface area contributed by atoms with Crippen molar-refractivity contribution < 1.29 is 4.74 Å². The number of benzene rings is 2. The van der Waals surface area contributed by atoms with Gasteiger partial charge in [0.25, 0.3) is 0 Å². The molecule has 0 aliphatic carbocycles. The summed E-state index contributed by atoms with van der Waals surface area (Å²) in [5, 5.41) is 1.05. The van der Waals surface area contributed by atoms with Gasteiger partial charge >= 0.3 is 0 Å². The highest BCUT2D eigenvalue weighted by molar-refractivity contribution is 6.42. The first-order valence-corrected chi connectivity index (χ1v) is 6.05. The first-order valence-electron chi connectivity index (χ1n) is 5.29. The van der Waals surface area contributed by atoms with Crippen molar-refractivity contribution in [3.63, 3.8) is 0 Å². The summed E-state index contributed by atoms with van der Waals surface area (Å²) in [5.41, 5.74) is 2.38. The normalized spacial score (nSPS) is 10.3. The van der Waals surface area contributed by atoms with Gasteiger partial charge in [0.2, 0.25) is 0 Å². The van der Waals surface area contributed by atoms with Crippen LogP contribution >= 0.6 is 23.2 Å². The van der Waals surface area contributed by atoms with Gasteiger partial charge in [0.05, 0.1) is 10.0 Å². The van der Waals surface area contributed by atoms with Crippen molar-refractivity contribution in [2.24, 2.45) is 0 Å². The van der Waals surface area contributed by atoms with Gasteiger partial charge in [-0.05, 0) is 30.2 Å². The standard InChI is InChI=1S/C14H12Cl2O/c1-10-4-2-3-5-11(10)9-17-12-6-7-13(15)14(16)8-12/h2-8H,9H2,1H3. The number of aryl methyl sites for hydroxylation is 1. The highest BCUT2D eigenvalue weighted by Gasteiger charge is 2.02. The predicted molar refractivity (Wildman–Crippen MR) is 72.0 cm³/mol. The van der Waals surface area contributed by atoms with Gasteiger partial charge in [0.1, 0.15) is 12.4 Å². The average Bonchev–Trinajstić information content (AvgIpc) is 2.32. The fourth-order valence-electron chi connectivity index (χ4n) is 1.50. The van der Waals surface area contributed by atoms with Gasteiger partial charge in [-0.1, -0.05) is 47.5 Å². The lowest BCUT2D eigenvalue weighted by Crippen LogP contribution is -1.97. The summed E-state index contributed by atoms with van der Waals surface area (Å²) in [6.07, 6.45) is 0. The monoisotopic (exact) mass is 266 g/mol. The SMILES string of the molecule is Cc1ccccc1COc1ccc(Cl)c(Cl)c1. The largest absolute Gasteiger partial charge is 0.489 e. The van der Waals surface area contributed by atoms with E-state index in [1.807, 2.05) is 24.3 Å². The maximum atomic E-state index is 5.91. The lowest BCUT2D eigenvalue weighted by Gasteiger charge is -2.09. The van der Waals surface area contributed by atoms with Crippen LogP contribution in [0.3, 0.4) is 0 Å². The number of rotatable bonds is 3. The van der Waals surface area contributed by atoms with E-state index in [0.717, 1.165) is 5.75 Å². The van der Waals surface area contributed by atoms with Crippen molar-refractivity contribution in [2.45, 2.75) is 13.5 Å². The molecule has 0 aliphatic heterocycles. The van der Waals surface area contributed by atoms with Crippen molar-refractivity contribution in [2.75, 3.05) is 0 Å². The Balaban J connectivity index is 2.08. The Kier molecular flexibility index (Phi) is 3.93. The third-order valence-electron chi connectivity index (χ3n) is 2.55. The van der Waals surface area contributed by atoms with Gasteiger partial charge in [-0.3, -0.25) is 0 Å². The fraction of sp³-hybridized carbons (Fsp3) is 0.143. The molecule has 0 heterocycles. The van der Waals surface area contributed by atoms with E-state index in [1.54, 1.807) is 12.1 Å². The first-order chi connectivity index (χ1) is 8.16. The van der Waals surface area contributed by atoms with Crippen LogP contribution in [0.1, 0.15) is 11.1 Å². The smallest absolute Gasteiger partial charge is 0.121 e. The number of hydrogen-bond acceptors (Lipinski definition) is 1. The second kappa shape index (κ2) is 5.44. The Labute approximate surface area is 111 Å². The molecule has 0 aromatic heterocycles. The van der Waals surface area contributed by atoms with Gasteiger partial charge in [-0.2, -0.15) is 0 Å². The third kappa shape index (κ3) is 3.15. The molecule has 0 atom stereocenters. The zero-order valence-electron chi connectivity index (χ0n) is 9.41. The van der Waals surface area contributed by atoms with E-state index >= 15 is 0 Å². The van der Waals surface area contributed by atoms with Crippen LogP contribution in [0.25, 0.3) is 0 Å². The summed E-state index contributed by atoms with van der Waals surface area (Å²) in [6.45, 7) is 2.60. The molecule has 0 saturated carbocycles. The summed E-state index contributed by atoms with van der Waals surface area (Å²) >= 11 is 11.8. The summed E-state index contributed by atoms with van der Waals surface area (Å²) in [7, 11) is 0. The van der Waals surface area contributed by atoms with Crippen LogP contribution in [0.15, 0.2) is 42.5 Å². The first kappa shape index (κ1) is 12.3. The molecule has 0 unspecified atom stereocenters. The van der Waals surface area contributed by atoms with E-state index in [1.165, 1.54) is 11.1 Å². The molecule has 2 rings (SSSR count). The summed E-state index contributed by atoms with van der Waals surface area (Å²) in [5.74, 6) is 0.725. The van der Waals surface area contributed by atoms with Gasteiger partial charge in [-0.25, -0.2) is 0 Å². The van der Waals surface area contributed by atoms with Crippen molar-refractivity contribution in [1.82, 2.24) is 0 Å². The topological polar surface area (TPSA) is 9.23 Å². The molecule has 0 bridgehead atoms. The zero-order valence-corrected chi connectivity index (χ0v) is 10.9. The molecule has 3 heteroatoms. The van der Waals surface area contributed by atoms with E-state index in [9.17, 15) is 0 Å². The van der Waals surface area contributed by atoms with Crippen LogP contribution in [0, 0.1) is 6.92 Å². The lowest BCUT2D eigenvalue weighted by atomic mass is 10.1. The third-order valence-corrected chi connectivity index (χ3v) is 3.29. The molecule has 0 saturated heterocycles. The van der Waals surface area contributed by atoms with E-state index in [2.05, 4.69) is 13.0 Å². The van der Waals surface area contributed by atoms with E-state index in [0.29, 0.717) is 16.7 Å². The molecule has 88 valence electrons. The Morgan fingerprint density at radius 2 is 1.76 bits per heavy atom. The fourth-order valence-corrected chi connectivity index (χ4v) is 1.79. The van der Waals surface area contributed by atoms with Gasteiger partial charge in [0, 0.05) is 6.07 Å². The van der Waals surface area contributed by atoms with E-state index < -0.39 is 0 Å². The highest BCUT2D eigenvalue weighted by Crippen LogP contribution is 2.26. The van der Waals surface area contributed by atoms with E-state index in [4.69, 9.17) is 27.9 Å². The maximum absolute atomic E-state index is 5.91. The van der Waals surface area contributed by atoms with Gasteiger partial charge in [-0.15, -0.1) is 0 Å². The molecular formula is C14H12Cl2O. The van der Waals surface area contributed by atoms with Gasteiger partial charge < -0.3 is 4.74 Å². The molecular weight excluding hydrogens is 255 g/mol. The molecule has 17 heavy (non-hydrogen) atoms. The van der Waals surface area contributed by atoms with Crippen LogP contribution in [0.2, 0.25) is 10.0 Å². The Morgan fingerprint density at radius 1 is 1.00 bits per heavy atom. The second-order valence-electron chi connectivity index (χ2n) is 3.79.